The van der Waals surface area contributed by atoms with Gasteiger partial charge in [-0.2, -0.15) is 0 Å². The van der Waals surface area contributed by atoms with E-state index < -0.39 is 5.41 Å². The van der Waals surface area contributed by atoms with Crippen molar-refractivity contribution in [1.29, 1.82) is 0 Å². The topological polar surface area (TPSA) is 55.4 Å². The van der Waals surface area contributed by atoms with E-state index in [9.17, 15) is 9.59 Å². The fourth-order valence-electron chi connectivity index (χ4n) is 3.45. The first-order chi connectivity index (χ1) is 11.5. The number of amides is 1. The Balaban J connectivity index is 1.48. The zero-order valence-electron chi connectivity index (χ0n) is 14.0. The second kappa shape index (κ2) is 7.14. The zero-order valence-corrected chi connectivity index (χ0v) is 14.8. The number of hydrogen-bond acceptors (Lipinski definition) is 3. The second-order valence-electron chi connectivity index (χ2n) is 7.19. The van der Waals surface area contributed by atoms with E-state index in [-0.39, 0.29) is 24.5 Å². The highest BCUT2D eigenvalue weighted by atomic mass is 35.5. The van der Waals surface area contributed by atoms with Crippen LogP contribution < -0.4 is 5.32 Å². The molecule has 2 fully saturated rings. The molecule has 0 spiro atoms. The minimum atomic E-state index is -0.578. The molecule has 5 heteroatoms. The van der Waals surface area contributed by atoms with Crippen LogP contribution in [0.25, 0.3) is 0 Å². The fourth-order valence-corrected chi connectivity index (χ4v) is 3.57. The average Bonchev–Trinajstić information content (AvgIpc) is 3.37. The number of rotatable bonds is 5. The van der Waals surface area contributed by atoms with Crippen LogP contribution in [0.1, 0.15) is 51.0 Å². The quantitative estimate of drug-likeness (QED) is 0.826. The number of hydrogen-bond donors (Lipinski definition) is 1. The summed E-state index contributed by atoms with van der Waals surface area (Å²) in [6, 6.07) is 7.50. The Morgan fingerprint density at radius 3 is 2.38 bits per heavy atom. The number of carbonyl (C=O) groups is 2. The van der Waals surface area contributed by atoms with E-state index in [1.54, 1.807) is 12.1 Å². The van der Waals surface area contributed by atoms with Crippen LogP contribution in [0.3, 0.4) is 0 Å². The largest absolute Gasteiger partial charge is 0.455 e. The highest BCUT2D eigenvalue weighted by Crippen LogP contribution is 2.49. The van der Waals surface area contributed by atoms with Crippen LogP contribution in [0.5, 0.6) is 0 Å². The summed E-state index contributed by atoms with van der Waals surface area (Å²) in [5.41, 5.74) is 0.337. The molecular weight excluding hydrogens is 326 g/mol. The molecule has 0 bridgehead atoms. The molecule has 2 aliphatic carbocycles. The minimum absolute atomic E-state index is 0.194. The lowest BCUT2D eigenvalue weighted by molar-refractivity contribution is -0.151. The summed E-state index contributed by atoms with van der Waals surface area (Å²) in [4.78, 5) is 24.4. The third-order valence-corrected chi connectivity index (χ3v) is 5.50. The summed E-state index contributed by atoms with van der Waals surface area (Å²) in [5.74, 6) is 0.233. The molecule has 130 valence electrons. The molecule has 0 saturated heterocycles. The van der Waals surface area contributed by atoms with Crippen molar-refractivity contribution in [3.05, 3.63) is 34.9 Å². The normalized spacial score (nSPS) is 24.9. The van der Waals surface area contributed by atoms with Crippen molar-refractivity contribution in [1.82, 2.24) is 5.32 Å². The molecule has 0 radical (unpaired) electrons. The van der Waals surface area contributed by atoms with Crippen molar-refractivity contribution in [3.8, 4) is 0 Å². The summed E-state index contributed by atoms with van der Waals surface area (Å²) < 4.78 is 5.29. The highest BCUT2D eigenvalue weighted by molar-refractivity contribution is 6.30. The lowest BCUT2D eigenvalue weighted by Crippen LogP contribution is -2.40. The number of esters is 1. The van der Waals surface area contributed by atoms with Gasteiger partial charge >= 0.3 is 5.97 Å². The maximum Gasteiger partial charge on any atom is 0.317 e. The summed E-state index contributed by atoms with van der Waals surface area (Å²) in [6.07, 6.45) is 5.82. The van der Waals surface area contributed by atoms with Crippen LogP contribution in [-0.2, 0) is 19.7 Å². The highest BCUT2D eigenvalue weighted by Gasteiger charge is 2.52. The monoisotopic (exact) mass is 349 g/mol. The van der Waals surface area contributed by atoms with Gasteiger partial charge in [0.25, 0.3) is 5.91 Å². The number of carbonyl (C=O) groups excluding carboxylic acids is 2. The van der Waals surface area contributed by atoms with E-state index in [2.05, 4.69) is 12.2 Å². The van der Waals surface area contributed by atoms with Gasteiger partial charge in [0, 0.05) is 11.1 Å². The van der Waals surface area contributed by atoms with Crippen LogP contribution in [0, 0.1) is 5.92 Å². The molecule has 3 rings (SSSR count). The summed E-state index contributed by atoms with van der Waals surface area (Å²) in [7, 11) is 0. The van der Waals surface area contributed by atoms with Crippen molar-refractivity contribution in [3.63, 3.8) is 0 Å². The molecule has 4 nitrogen and oxygen atoms in total. The van der Waals surface area contributed by atoms with Gasteiger partial charge in [-0.05, 0) is 62.1 Å². The Morgan fingerprint density at radius 1 is 1.17 bits per heavy atom. The third-order valence-electron chi connectivity index (χ3n) is 5.25. The molecule has 24 heavy (non-hydrogen) atoms. The van der Waals surface area contributed by atoms with E-state index >= 15 is 0 Å². The van der Waals surface area contributed by atoms with Gasteiger partial charge in [-0.25, -0.2) is 0 Å². The van der Waals surface area contributed by atoms with Crippen molar-refractivity contribution >= 4 is 23.5 Å². The molecule has 0 aliphatic heterocycles. The van der Waals surface area contributed by atoms with Crippen LogP contribution in [0.4, 0.5) is 0 Å². The van der Waals surface area contributed by atoms with Gasteiger partial charge in [-0.3, -0.25) is 9.59 Å². The van der Waals surface area contributed by atoms with Gasteiger partial charge in [-0.1, -0.05) is 30.7 Å². The van der Waals surface area contributed by atoms with E-state index in [0.717, 1.165) is 50.0 Å². The SMILES string of the molecule is CC1CCC(NC(=O)COC(=O)C2(c3ccc(Cl)cc3)CC2)CC1. The molecule has 2 aliphatic rings. The Morgan fingerprint density at radius 2 is 1.79 bits per heavy atom. The van der Waals surface area contributed by atoms with Crippen LogP contribution in [-0.4, -0.2) is 24.5 Å². The van der Waals surface area contributed by atoms with E-state index in [1.807, 2.05) is 12.1 Å². The van der Waals surface area contributed by atoms with Crippen molar-refractivity contribution in [2.75, 3.05) is 6.61 Å². The molecule has 0 atom stereocenters. The Hall–Kier alpha value is -1.55. The molecule has 1 aromatic rings. The first-order valence-corrected chi connectivity index (χ1v) is 9.10. The van der Waals surface area contributed by atoms with E-state index in [1.165, 1.54) is 0 Å². The van der Waals surface area contributed by atoms with Gasteiger partial charge in [0.15, 0.2) is 6.61 Å². The van der Waals surface area contributed by atoms with Gasteiger partial charge < -0.3 is 10.1 Å². The van der Waals surface area contributed by atoms with Gasteiger partial charge in [0.2, 0.25) is 0 Å². The van der Waals surface area contributed by atoms with Gasteiger partial charge in [-0.15, -0.1) is 0 Å². The maximum absolute atomic E-state index is 12.4. The third kappa shape index (κ3) is 3.92. The molecule has 0 unspecified atom stereocenters. The zero-order chi connectivity index (χ0) is 17.2. The number of ether oxygens (including phenoxy) is 1. The summed E-state index contributed by atoms with van der Waals surface area (Å²) >= 11 is 5.90. The van der Waals surface area contributed by atoms with Crippen molar-refractivity contribution in [2.45, 2.75) is 56.9 Å². The van der Waals surface area contributed by atoms with Crippen molar-refractivity contribution in [2.24, 2.45) is 5.92 Å². The number of halogens is 1. The lowest BCUT2D eigenvalue weighted by atomic mass is 9.87. The Bertz CT molecular complexity index is 602. The molecule has 1 aromatic carbocycles. The molecule has 1 N–H and O–H groups in total. The Labute approximate surface area is 147 Å². The minimum Gasteiger partial charge on any atom is -0.455 e. The summed E-state index contributed by atoms with van der Waals surface area (Å²) in [6.45, 7) is 2.05. The predicted molar refractivity (Wildman–Crippen MR) is 92.9 cm³/mol. The van der Waals surface area contributed by atoms with Gasteiger partial charge in [0.1, 0.15) is 0 Å². The first kappa shape index (κ1) is 17.3. The van der Waals surface area contributed by atoms with Crippen LogP contribution in [0.15, 0.2) is 24.3 Å². The van der Waals surface area contributed by atoms with Gasteiger partial charge in [0.05, 0.1) is 5.41 Å². The standard InChI is InChI=1S/C19H24ClNO3/c1-13-2-8-16(9-3-13)21-17(22)12-24-18(23)19(10-11-19)14-4-6-15(20)7-5-14/h4-7,13,16H,2-3,8-12H2,1H3,(H,21,22). The average molecular weight is 350 g/mol. The molecule has 0 aromatic heterocycles. The van der Waals surface area contributed by atoms with Crippen LogP contribution >= 0.6 is 11.6 Å². The molecule has 2 saturated carbocycles. The van der Waals surface area contributed by atoms with Crippen LogP contribution in [0.2, 0.25) is 5.02 Å². The summed E-state index contributed by atoms with van der Waals surface area (Å²) in [5, 5.41) is 3.62. The maximum atomic E-state index is 12.4. The first-order valence-electron chi connectivity index (χ1n) is 8.72. The lowest BCUT2D eigenvalue weighted by Gasteiger charge is -2.26. The van der Waals surface area contributed by atoms with E-state index in [4.69, 9.17) is 16.3 Å². The van der Waals surface area contributed by atoms with E-state index in [0.29, 0.717) is 5.02 Å². The molecule has 0 heterocycles. The second-order valence-corrected chi connectivity index (χ2v) is 7.63. The smallest absolute Gasteiger partial charge is 0.317 e. The predicted octanol–water partition coefficient (Wildman–Crippen LogP) is 3.61. The molecular formula is C19H24ClNO3. The van der Waals surface area contributed by atoms with Crippen molar-refractivity contribution < 1.29 is 14.3 Å². The number of benzene rings is 1. The Kier molecular flexibility index (Phi) is 5.14. The number of nitrogens with one attached hydrogen (secondary N) is 1. The molecule has 1 amide bonds. The fraction of sp³-hybridized carbons (Fsp3) is 0.579.